The van der Waals surface area contributed by atoms with Crippen molar-refractivity contribution in [3.05, 3.63) is 22.4 Å². The zero-order valence-electron chi connectivity index (χ0n) is 7.61. The molecule has 0 saturated carbocycles. The van der Waals surface area contributed by atoms with Crippen molar-refractivity contribution < 1.29 is 10.2 Å². The average molecular weight is 196 g/mol. The quantitative estimate of drug-likeness (QED) is 0.669. The molecule has 2 nitrogen and oxygen atoms in total. The fourth-order valence-corrected chi connectivity index (χ4v) is 1.44. The van der Waals surface area contributed by atoms with E-state index in [2.05, 4.69) is 11.8 Å². The van der Waals surface area contributed by atoms with Crippen LogP contribution in [0.2, 0.25) is 0 Å². The van der Waals surface area contributed by atoms with Gasteiger partial charge in [-0.3, -0.25) is 0 Å². The SMILES string of the molecule is CC(C)(O)C#C[C@@H](O)c1ccsc1. The largest absolute Gasteiger partial charge is 0.378 e. The predicted molar refractivity (Wildman–Crippen MR) is 53.4 cm³/mol. The summed E-state index contributed by atoms with van der Waals surface area (Å²) in [5.74, 6) is 5.16. The predicted octanol–water partition coefficient (Wildman–Crippen LogP) is 1.56. The summed E-state index contributed by atoms with van der Waals surface area (Å²) in [5, 5.41) is 22.5. The molecule has 0 amide bonds. The number of aliphatic hydroxyl groups excluding tert-OH is 1. The third-order valence-electron chi connectivity index (χ3n) is 1.37. The second kappa shape index (κ2) is 3.93. The molecule has 0 aliphatic rings. The van der Waals surface area contributed by atoms with E-state index >= 15 is 0 Å². The Morgan fingerprint density at radius 1 is 1.54 bits per heavy atom. The van der Waals surface area contributed by atoms with E-state index in [9.17, 15) is 10.2 Å². The highest BCUT2D eigenvalue weighted by Gasteiger charge is 2.08. The van der Waals surface area contributed by atoms with Gasteiger partial charge >= 0.3 is 0 Å². The van der Waals surface area contributed by atoms with E-state index in [-0.39, 0.29) is 0 Å². The van der Waals surface area contributed by atoms with Crippen LogP contribution in [0.1, 0.15) is 25.5 Å². The van der Waals surface area contributed by atoms with Crippen molar-refractivity contribution >= 4 is 11.3 Å². The summed E-state index contributed by atoms with van der Waals surface area (Å²) < 4.78 is 0. The molecule has 0 unspecified atom stereocenters. The second-order valence-electron chi connectivity index (χ2n) is 3.29. The molecule has 0 radical (unpaired) electrons. The lowest BCUT2D eigenvalue weighted by Crippen LogP contribution is -2.15. The normalized spacial score (nSPS) is 13.2. The molecule has 3 heteroatoms. The summed E-state index contributed by atoms with van der Waals surface area (Å²) in [7, 11) is 0. The van der Waals surface area contributed by atoms with Crippen molar-refractivity contribution in [1.29, 1.82) is 0 Å². The van der Waals surface area contributed by atoms with Crippen LogP contribution in [0.15, 0.2) is 16.8 Å². The number of hydrogen-bond acceptors (Lipinski definition) is 3. The monoisotopic (exact) mass is 196 g/mol. The van der Waals surface area contributed by atoms with Gasteiger partial charge in [-0.25, -0.2) is 0 Å². The minimum atomic E-state index is -1.04. The molecule has 2 N–H and O–H groups in total. The zero-order valence-corrected chi connectivity index (χ0v) is 8.43. The summed E-state index contributed by atoms with van der Waals surface area (Å²) in [6, 6.07) is 1.81. The van der Waals surface area contributed by atoms with Crippen LogP contribution in [-0.2, 0) is 0 Å². The number of thiophene rings is 1. The van der Waals surface area contributed by atoms with Gasteiger partial charge < -0.3 is 10.2 Å². The molecule has 1 aromatic heterocycles. The molecule has 1 aromatic rings. The number of aliphatic hydroxyl groups is 2. The Morgan fingerprint density at radius 3 is 2.69 bits per heavy atom. The average Bonchev–Trinajstić information content (AvgIpc) is 2.50. The maximum Gasteiger partial charge on any atom is 0.141 e. The Balaban J connectivity index is 2.69. The van der Waals surface area contributed by atoms with Gasteiger partial charge in [0.25, 0.3) is 0 Å². The highest BCUT2D eigenvalue weighted by Crippen LogP contribution is 2.15. The Morgan fingerprint density at radius 2 is 2.23 bits per heavy atom. The van der Waals surface area contributed by atoms with Crippen molar-refractivity contribution in [2.75, 3.05) is 0 Å². The van der Waals surface area contributed by atoms with E-state index in [4.69, 9.17) is 0 Å². The van der Waals surface area contributed by atoms with E-state index < -0.39 is 11.7 Å². The topological polar surface area (TPSA) is 40.5 Å². The first kappa shape index (κ1) is 10.3. The van der Waals surface area contributed by atoms with E-state index in [0.717, 1.165) is 5.56 Å². The molecule has 0 aliphatic heterocycles. The summed E-state index contributed by atoms with van der Waals surface area (Å²) in [5.41, 5.74) is -0.265. The van der Waals surface area contributed by atoms with Gasteiger partial charge in [0.2, 0.25) is 0 Å². The van der Waals surface area contributed by atoms with Crippen molar-refractivity contribution in [3.63, 3.8) is 0 Å². The molecule has 1 heterocycles. The molecule has 0 bridgehead atoms. The van der Waals surface area contributed by atoms with Crippen molar-refractivity contribution in [3.8, 4) is 11.8 Å². The molecular formula is C10H12O2S. The Labute approximate surface area is 81.8 Å². The summed E-state index contributed by atoms with van der Waals surface area (Å²) in [6.07, 6.45) is -0.794. The Hall–Kier alpha value is -0.820. The van der Waals surface area contributed by atoms with Crippen molar-refractivity contribution in [1.82, 2.24) is 0 Å². The minimum absolute atomic E-state index is 0.779. The maximum absolute atomic E-state index is 9.49. The van der Waals surface area contributed by atoms with Crippen LogP contribution in [0.3, 0.4) is 0 Å². The Kier molecular flexibility index (Phi) is 3.10. The highest BCUT2D eigenvalue weighted by molar-refractivity contribution is 7.07. The van der Waals surface area contributed by atoms with Gasteiger partial charge in [-0.15, -0.1) is 0 Å². The first-order valence-corrected chi connectivity index (χ1v) is 4.88. The summed E-state index contributed by atoms with van der Waals surface area (Å²) in [6.45, 7) is 3.17. The number of rotatable bonds is 1. The molecular weight excluding hydrogens is 184 g/mol. The standard InChI is InChI=1S/C10H12O2S/c1-10(2,12)5-3-9(11)8-4-6-13-7-8/h4,6-7,9,11-12H,1-2H3/t9-/m1/s1. The van der Waals surface area contributed by atoms with E-state index in [1.54, 1.807) is 13.8 Å². The van der Waals surface area contributed by atoms with Crippen LogP contribution in [0.25, 0.3) is 0 Å². The molecule has 13 heavy (non-hydrogen) atoms. The third kappa shape index (κ3) is 3.60. The van der Waals surface area contributed by atoms with Crippen LogP contribution in [-0.4, -0.2) is 15.8 Å². The van der Waals surface area contributed by atoms with Gasteiger partial charge in [0.15, 0.2) is 0 Å². The van der Waals surface area contributed by atoms with Gasteiger partial charge in [0.1, 0.15) is 11.7 Å². The van der Waals surface area contributed by atoms with Gasteiger partial charge in [-0.1, -0.05) is 11.8 Å². The lowest BCUT2D eigenvalue weighted by molar-refractivity contribution is 0.142. The molecule has 0 saturated heterocycles. The molecule has 0 aliphatic carbocycles. The molecule has 0 fully saturated rings. The zero-order chi connectivity index (χ0) is 9.90. The van der Waals surface area contributed by atoms with Crippen LogP contribution in [0, 0.1) is 11.8 Å². The first-order valence-electron chi connectivity index (χ1n) is 3.94. The smallest absolute Gasteiger partial charge is 0.141 e. The van der Waals surface area contributed by atoms with Gasteiger partial charge in [-0.05, 0) is 30.7 Å². The minimum Gasteiger partial charge on any atom is -0.378 e. The Bertz CT molecular complexity index is 311. The fraction of sp³-hybridized carbons (Fsp3) is 0.400. The van der Waals surface area contributed by atoms with Gasteiger partial charge in [-0.2, -0.15) is 11.3 Å². The summed E-state index contributed by atoms with van der Waals surface area (Å²) in [4.78, 5) is 0. The first-order chi connectivity index (χ1) is 5.99. The fourth-order valence-electron chi connectivity index (χ4n) is 0.759. The lowest BCUT2D eigenvalue weighted by atomic mass is 10.1. The number of hydrogen-bond donors (Lipinski definition) is 2. The highest BCUT2D eigenvalue weighted by atomic mass is 32.1. The summed E-state index contributed by atoms with van der Waals surface area (Å²) >= 11 is 1.51. The van der Waals surface area contributed by atoms with Gasteiger partial charge in [0.05, 0.1) is 0 Å². The molecule has 0 aromatic carbocycles. The van der Waals surface area contributed by atoms with Crippen LogP contribution < -0.4 is 0 Å². The van der Waals surface area contributed by atoms with Gasteiger partial charge in [0, 0.05) is 5.56 Å². The van der Waals surface area contributed by atoms with Crippen molar-refractivity contribution in [2.45, 2.75) is 25.6 Å². The lowest BCUT2D eigenvalue weighted by Gasteiger charge is -2.07. The van der Waals surface area contributed by atoms with Crippen molar-refractivity contribution in [2.24, 2.45) is 0 Å². The second-order valence-corrected chi connectivity index (χ2v) is 4.07. The van der Waals surface area contributed by atoms with E-state index in [1.807, 2.05) is 16.8 Å². The van der Waals surface area contributed by atoms with Crippen LogP contribution >= 0.6 is 11.3 Å². The maximum atomic E-state index is 9.49. The molecule has 1 atom stereocenters. The molecule has 70 valence electrons. The van der Waals surface area contributed by atoms with E-state index in [0.29, 0.717) is 0 Å². The van der Waals surface area contributed by atoms with Crippen LogP contribution in [0.5, 0.6) is 0 Å². The van der Waals surface area contributed by atoms with Crippen LogP contribution in [0.4, 0.5) is 0 Å². The molecule has 0 spiro atoms. The van der Waals surface area contributed by atoms with E-state index in [1.165, 1.54) is 11.3 Å². The third-order valence-corrected chi connectivity index (χ3v) is 2.08. The molecule has 1 rings (SSSR count).